The number of aryl methyl sites for hydroxylation is 1. The van der Waals surface area contributed by atoms with E-state index in [0.29, 0.717) is 17.9 Å². The molecule has 2 aliphatic carbocycles. The molecule has 0 radical (unpaired) electrons. The summed E-state index contributed by atoms with van der Waals surface area (Å²) >= 11 is 2.93. The second-order valence-electron chi connectivity index (χ2n) is 12.5. The van der Waals surface area contributed by atoms with E-state index in [9.17, 15) is 19.2 Å². The highest BCUT2D eigenvalue weighted by Crippen LogP contribution is 2.68. The lowest BCUT2D eigenvalue weighted by Crippen LogP contribution is -2.42. The van der Waals surface area contributed by atoms with Gasteiger partial charge in [-0.05, 0) is 91.1 Å². The minimum atomic E-state index is -0.438. The summed E-state index contributed by atoms with van der Waals surface area (Å²) in [6, 6.07) is 22.8. The molecule has 3 aromatic carbocycles. The second kappa shape index (κ2) is 11.3. The van der Waals surface area contributed by atoms with Crippen LogP contribution < -0.4 is 14.5 Å². The van der Waals surface area contributed by atoms with E-state index in [4.69, 9.17) is 9.47 Å². The van der Waals surface area contributed by atoms with Crippen molar-refractivity contribution in [2.75, 3.05) is 11.5 Å². The van der Waals surface area contributed by atoms with Crippen molar-refractivity contribution < 1.29 is 23.9 Å². The van der Waals surface area contributed by atoms with Crippen LogP contribution in [0.2, 0.25) is 0 Å². The first kappa shape index (κ1) is 29.3. The van der Waals surface area contributed by atoms with Crippen LogP contribution in [0.25, 0.3) is 0 Å². The smallest absolute Gasteiger partial charge is 0.338 e. The number of hydrogen-bond acceptors (Lipinski definition) is 8. The first-order chi connectivity index (χ1) is 22.3. The Hall–Kier alpha value is -4.15. The molecule has 1 N–H and O–H groups in total. The Kier molecular flexibility index (Phi) is 7.17. The van der Waals surface area contributed by atoms with E-state index in [0.717, 1.165) is 33.2 Å². The Morgan fingerprint density at radius 1 is 0.935 bits per heavy atom. The van der Waals surface area contributed by atoms with Gasteiger partial charge in [-0.25, -0.2) is 4.79 Å². The molecule has 0 unspecified atom stereocenters. The number of ether oxygens (including phenoxy) is 2. The van der Waals surface area contributed by atoms with Crippen LogP contribution in [0.3, 0.4) is 0 Å². The number of benzene rings is 3. The predicted molar refractivity (Wildman–Crippen MR) is 175 cm³/mol. The van der Waals surface area contributed by atoms with Crippen molar-refractivity contribution in [3.8, 4) is 5.75 Å². The molecule has 4 aromatic rings. The van der Waals surface area contributed by atoms with Gasteiger partial charge in [0, 0.05) is 16.0 Å². The van der Waals surface area contributed by atoms with Gasteiger partial charge in [-0.15, -0.1) is 11.8 Å². The third kappa shape index (κ3) is 4.56. The molecule has 0 spiro atoms. The lowest BCUT2D eigenvalue weighted by molar-refractivity contribution is -0.123. The molecule has 2 amide bonds. The van der Waals surface area contributed by atoms with Crippen molar-refractivity contribution in [1.82, 2.24) is 4.98 Å². The van der Waals surface area contributed by atoms with Gasteiger partial charge in [0.05, 0.1) is 34.7 Å². The van der Waals surface area contributed by atoms with Crippen LogP contribution in [-0.2, 0) is 20.9 Å². The number of thioether (sulfide) groups is 1. The zero-order valence-electron chi connectivity index (χ0n) is 25.3. The van der Waals surface area contributed by atoms with Crippen molar-refractivity contribution in [2.45, 2.75) is 43.1 Å². The minimum Gasteiger partial charge on any atom is -0.489 e. The Morgan fingerprint density at radius 3 is 2.37 bits per heavy atom. The van der Waals surface area contributed by atoms with Gasteiger partial charge in [0.1, 0.15) is 12.4 Å². The number of aromatic amines is 1. The van der Waals surface area contributed by atoms with Crippen LogP contribution in [-0.4, -0.2) is 34.6 Å². The van der Waals surface area contributed by atoms with E-state index in [1.807, 2.05) is 24.3 Å². The highest BCUT2D eigenvalue weighted by atomic mass is 32.2. The van der Waals surface area contributed by atoms with E-state index in [1.54, 1.807) is 43.0 Å². The number of esters is 1. The zero-order chi connectivity index (χ0) is 31.7. The molecule has 4 aliphatic rings. The molecule has 2 aliphatic heterocycles. The third-order valence-electron chi connectivity index (χ3n) is 10.3. The Morgan fingerprint density at radius 2 is 1.65 bits per heavy atom. The summed E-state index contributed by atoms with van der Waals surface area (Å²) in [7, 11) is 0. The van der Waals surface area contributed by atoms with E-state index in [-0.39, 0.29) is 58.1 Å². The van der Waals surface area contributed by atoms with Crippen molar-refractivity contribution in [1.29, 1.82) is 0 Å². The third-order valence-corrected chi connectivity index (χ3v) is 12.8. The quantitative estimate of drug-likeness (QED) is 0.188. The number of imide groups is 1. The maximum atomic E-state index is 14.1. The fraction of sp³-hybridized carbons (Fsp3) is 0.333. The van der Waals surface area contributed by atoms with E-state index in [1.165, 1.54) is 21.8 Å². The van der Waals surface area contributed by atoms with Gasteiger partial charge in [-0.2, -0.15) is 0 Å². The summed E-state index contributed by atoms with van der Waals surface area (Å²) in [6.45, 7) is 4.56. The van der Waals surface area contributed by atoms with Gasteiger partial charge < -0.3 is 14.5 Å². The minimum absolute atomic E-state index is 0.0140. The summed E-state index contributed by atoms with van der Waals surface area (Å²) in [4.78, 5) is 58.1. The molecule has 46 heavy (non-hydrogen) atoms. The fourth-order valence-corrected chi connectivity index (χ4v) is 11.2. The van der Waals surface area contributed by atoms with Crippen molar-refractivity contribution >= 4 is 46.6 Å². The molecule has 1 saturated heterocycles. The van der Waals surface area contributed by atoms with Crippen molar-refractivity contribution in [3.05, 3.63) is 110 Å². The summed E-state index contributed by atoms with van der Waals surface area (Å²) in [6.07, 6.45) is 0.818. The Bertz CT molecular complexity index is 1920. The summed E-state index contributed by atoms with van der Waals surface area (Å²) in [5.41, 5.74) is 4.26. The largest absolute Gasteiger partial charge is 0.489 e. The molecule has 234 valence electrons. The molecular weight excluding hydrogens is 621 g/mol. The number of rotatable bonds is 7. The van der Waals surface area contributed by atoms with Gasteiger partial charge in [0.25, 0.3) is 0 Å². The number of fused-ring (bicyclic) bond motifs is 9. The van der Waals surface area contributed by atoms with Crippen LogP contribution in [0.4, 0.5) is 5.69 Å². The number of aromatic nitrogens is 1. The van der Waals surface area contributed by atoms with Crippen LogP contribution in [0, 0.1) is 36.5 Å². The molecule has 8 nitrogen and oxygen atoms in total. The Balaban J connectivity index is 1.09. The molecule has 1 aromatic heterocycles. The molecular formula is C36H32N2O6S2. The zero-order valence-corrected chi connectivity index (χ0v) is 26.9. The van der Waals surface area contributed by atoms with E-state index < -0.39 is 11.9 Å². The van der Waals surface area contributed by atoms with Crippen LogP contribution >= 0.6 is 23.1 Å². The van der Waals surface area contributed by atoms with E-state index >= 15 is 0 Å². The summed E-state index contributed by atoms with van der Waals surface area (Å²) in [5, 5.41) is 0.988. The highest BCUT2D eigenvalue weighted by molar-refractivity contribution is 8.00. The number of amides is 2. The summed E-state index contributed by atoms with van der Waals surface area (Å²) in [5.74, 6) is -0.702. The second-order valence-corrected chi connectivity index (χ2v) is 14.7. The number of hydrogen-bond donors (Lipinski definition) is 1. The average Bonchev–Trinajstić information content (AvgIpc) is 3.80. The lowest BCUT2D eigenvalue weighted by Gasteiger charge is -2.43. The predicted octanol–water partition coefficient (Wildman–Crippen LogP) is 6.18. The normalized spacial score (nSPS) is 27.3. The first-order valence-electron chi connectivity index (χ1n) is 15.7. The molecule has 2 saturated carbocycles. The maximum absolute atomic E-state index is 14.1. The molecule has 8 rings (SSSR count). The number of H-pyrrole nitrogens is 1. The van der Waals surface area contributed by atoms with Crippen LogP contribution in [0.1, 0.15) is 51.2 Å². The van der Waals surface area contributed by atoms with Crippen molar-refractivity contribution in [3.63, 3.8) is 0 Å². The number of thiazole rings is 1. The van der Waals surface area contributed by atoms with Gasteiger partial charge in [-0.3, -0.25) is 19.3 Å². The van der Waals surface area contributed by atoms with Gasteiger partial charge in [0.15, 0.2) is 0 Å². The Labute approximate surface area is 274 Å². The van der Waals surface area contributed by atoms with Crippen LogP contribution in [0.15, 0.2) is 82.6 Å². The van der Waals surface area contributed by atoms with Gasteiger partial charge in [0.2, 0.25) is 11.8 Å². The maximum Gasteiger partial charge on any atom is 0.338 e. The molecule has 3 heterocycles. The molecule has 10 heteroatoms. The monoisotopic (exact) mass is 652 g/mol. The molecule has 3 fully saturated rings. The number of carbonyl (C=O) groups is 3. The van der Waals surface area contributed by atoms with Gasteiger partial charge >= 0.3 is 10.8 Å². The van der Waals surface area contributed by atoms with E-state index in [2.05, 4.69) is 36.2 Å². The number of anilines is 1. The number of nitrogens with one attached hydrogen (secondary N) is 1. The highest BCUT2D eigenvalue weighted by Gasteiger charge is 2.69. The van der Waals surface area contributed by atoms with Gasteiger partial charge in [-0.1, -0.05) is 47.7 Å². The number of nitrogens with zero attached hydrogens (tertiary/aromatic N) is 1. The SMILES string of the molecule is CCOC(=O)c1ccc(N2C(=O)[C@H]3[C@H]4C[C@@H]([C@@H]3C2=O)[C@H]2[C@H](c3ccc(OCc5ccccc5C)cc3)c3sc(=O)[nH]c3S[C@H]42)cc1. The topological polar surface area (TPSA) is 106 Å². The average molecular weight is 653 g/mol. The summed E-state index contributed by atoms with van der Waals surface area (Å²) < 4.78 is 11.2. The number of carbonyl (C=O) groups excluding carboxylic acids is 3. The first-order valence-corrected chi connectivity index (χ1v) is 17.4. The lowest BCUT2D eigenvalue weighted by atomic mass is 9.68. The fourth-order valence-electron chi connectivity index (χ4n) is 8.31. The standard InChI is InChI=1S/C36H32N2O6S2/c1-3-43-35(41)20-8-12-22(13-9-20)38-33(39)28-24-16-25(29(28)34(38)40)30-27(24)26(31-32(45-30)37-36(42)46-31)19-10-14-23(15-11-19)44-17-21-7-5-4-6-18(21)2/h4-15,24-30H,3,16-17H2,1-2H3,(H,37,42)/t24-,25-,26+,27+,28+,29+,30-/m1/s1. The van der Waals surface area contributed by atoms with Crippen molar-refractivity contribution in [2.24, 2.45) is 29.6 Å². The molecule has 7 atom stereocenters. The molecule has 2 bridgehead atoms. The van der Waals surface area contributed by atoms with Crippen LogP contribution in [0.5, 0.6) is 5.75 Å².